The second-order valence-electron chi connectivity index (χ2n) is 5.47. The van der Waals surface area contributed by atoms with Gasteiger partial charge in [-0.3, -0.25) is 14.2 Å². The van der Waals surface area contributed by atoms with E-state index in [0.717, 1.165) is 5.56 Å². The van der Waals surface area contributed by atoms with Crippen LogP contribution in [0.5, 0.6) is 0 Å². The number of aromatic nitrogens is 6. The second kappa shape index (κ2) is 6.16. The molecule has 0 spiro atoms. The SMILES string of the molecule is O=C(CCn1cnc2c(=O)[nH]cnc21)n1ccnc1-c1ccccc1. The highest BCUT2D eigenvalue weighted by atomic mass is 16.2. The number of fused-ring (bicyclic) bond motifs is 1. The highest BCUT2D eigenvalue weighted by molar-refractivity contribution is 5.83. The number of hydrogen-bond donors (Lipinski definition) is 1. The molecule has 8 nitrogen and oxygen atoms in total. The average Bonchev–Trinajstić information content (AvgIpc) is 3.28. The van der Waals surface area contributed by atoms with Gasteiger partial charge in [-0.1, -0.05) is 30.3 Å². The van der Waals surface area contributed by atoms with Crippen molar-refractivity contribution in [1.82, 2.24) is 29.1 Å². The average molecular weight is 334 g/mol. The highest BCUT2D eigenvalue weighted by Gasteiger charge is 2.14. The van der Waals surface area contributed by atoms with Crippen molar-refractivity contribution in [2.45, 2.75) is 13.0 Å². The zero-order chi connectivity index (χ0) is 17.2. The molecule has 3 heterocycles. The van der Waals surface area contributed by atoms with Crippen LogP contribution in [0.25, 0.3) is 22.6 Å². The summed E-state index contributed by atoms with van der Waals surface area (Å²) in [5.74, 6) is 0.513. The van der Waals surface area contributed by atoms with Crippen LogP contribution in [-0.4, -0.2) is 35.0 Å². The maximum absolute atomic E-state index is 12.6. The van der Waals surface area contributed by atoms with Gasteiger partial charge in [0, 0.05) is 30.9 Å². The molecule has 0 bridgehead atoms. The number of H-pyrrole nitrogens is 1. The van der Waals surface area contributed by atoms with E-state index in [0.29, 0.717) is 18.0 Å². The fraction of sp³-hybridized carbons (Fsp3) is 0.118. The van der Waals surface area contributed by atoms with E-state index in [1.54, 1.807) is 17.0 Å². The number of benzene rings is 1. The number of aromatic amines is 1. The molecule has 0 amide bonds. The van der Waals surface area contributed by atoms with Crippen molar-refractivity contribution in [3.05, 3.63) is 65.7 Å². The first-order valence-electron chi connectivity index (χ1n) is 7.74. The molecule has 25 heavy (non-hydrogen) atoms. The largest absolute Gasteiger partial charge is 0.315 e. The topological polar surface area (TPSA) is 98.5 Å². The lowest BCUT2D eigenvalue weighted by Gasteiger charge is -2.07. The molecular formula is C17H14N6O2. The van der Waals surface area contributed by atoms with E-state index in [1.165, 1.54) is 17.2 Å². The maximum atomic E-state index is 12.6. The van der Waals surface area contributed by atoms with Crippen molar-refractivity contribution in [3.8, 4) is 11.4 Å². The summed E-state index contributed by atoms with van der Waals surface area (Å²) in [6.45, 7) is 0.373. The smallest absolute Gasteiger partial charge is 0.278 e. The number of hydrogen-bond acceptors (Lipinski definition) is 5. The van der Waals surface area contributed by atoms with Crippen LogP contribution in [0.1, 0.15) is 11.2 Å². The molecule has 0 saturated carbocycles. The van der Waals surface area contributed by atoms with Crippen molar-refractivity contribution < 1.29 is 4.79 Å². The van der Waals surface area contributed by atoms with Crippen LogP contribution < -0.4 is 5.56 Å². The fourth-order valence-corrected chi connectivity index (χ4v) is 2.70. The van der Waals surface area contributed by atoms with Crippen molar-refractivity contribution in [1.29, 1.82) is 0 Å². The molecule has 0 saturated heterocycles. The van der Waals surface area contributed by atoms with Gasteiger partial charge < -0.3 is 9.55 Å². The first-order chi connectivity index (χ1) is 12.2. The Labute approximate surface area is 141 Å². The molecule has 0 aliphatic carbocycles. The van der Waals surface area contributed by atoms with Gasteiger partial charge in [0.25, 0.3) is 5.56 Å². The van der Waals surface area contributed by atoms with Crippen LogP contribution in [0.4, 0.5) is 0 Å². The Bertz CT molecular complexity index is 1090. The summed E-state index contributed by atoms with van der Waals surface area (Å²) in [6.07, 6.45) is 6.34. The van der Waals surface area contributed by atoms with Gasteiger partial charge in [0.05, 0.1) is 12.7 Å². The van der Waals surface area contributed by atoms with Gasteiger partial charge in [-0.2, -0.15) is 0 Å². The first kappa shape index (κ1) is 15.0. The van der Waals surface area contributed by atoms with Gasteiger partial charge in [0.2, 0.25) is 5.91 Å². The summed E-state index contributed by atoms with van der Waals surface area (Å²) >= 11 is 0. The zero-order valence-electron chi connectivity index (χ0n) is 13.2. The fourth-order valence-electron chi connectivity index (χ4n) is 2.70. The van der Waals surface area contributed by atoms with Crippen LogP contribution in [-0.2, 0) is 6.54 Å². The molecule has 1 N–H and O–H groups in total. The van der Waals surface area contributed by atoms with Crippen LogP contribution in [0.15, 0.2) is 60.2 Å². The standard InChI is InChI=1S/C17H14N6O2/c24-13(23-9-7-18-15(23)12-4-2-1-3-5-12)6-8-22-11-21-14-16(22)19-10-20-17(14)25/h1-5,7,9-11H,6,8H2,(H,19,20,25). The summed E-state index contributed by atoms with van der Waals surface area (Å²) in [5, 5.41) is 0. The minimum Gasteiger partial charge on any atom is -0.315 e. The Balaban J connectivity index is 1.56. The molecule has 0 aliphatic rings. The lowest BCUT2D eigenvalue weighted by Crippen LogP contribution is -2.14. The number of imidazole rings is 2. The van der Waals surface area contributed by atoms with Crippen LogP contribution in [0, 0.1) is 0 Å². The summed E-state index contributed by atoms with van der Waals surface area (Å²) in [5.41, 5.74) is 1.31. The number of aryl methyl sites for hydroxylation is 1. The summed E-state index contributed by atoms with van der Waals surface area (Å²) in [6, 6.07) is 9.54. The van der Waals surface area contributed by atoms with Crippen molar-refractivity contribution >= 4 is 17.1 Å². The summed E-state index contributed by atoms with van der Waals surface area (Å²) < 4.78 is 3.23. The van der Waals surface area contributed by atoms with Gasteiger partial charge in [-0.15, -0.1) is 0 Å². The van der Waals surface area contributed by atoms with Gasteiger partial charge >= 0.3 is 0 Å². The predicted octanol–water partition coefficient (Wildman–Crippen LogP) is 1.71. The monoisotopic (exact) mass is 334 g/mol. The Morgan fingerprint density at radius 1 is 1.12 bits per heavy atom. The van der Waals surface area contributed by atoms with E-state index in [-0.39, 0.29) is 23.4 Å². The number of nitrogens with one attached hydrogen (secondary N) is 1. The summed E-state index contributed by atoms with van der Waals surface area (Å²) in [4.78, 5) is 39.2. The van der Waals surface area contributed by atoms with E-state index in [1.807, 2.05) is 30.3 Å². The molecule has 0 fully saturated rings. The van der Waals surface area contributed by atoms with Crippen LogP contribution in [0.3, 0.4) is 0 Å². The van der Waals surface area contributed by atoms with Crippen molar-refractivity contribution in [2.75, 3.05) is 0 Å². The molecule has 124 valence electrons. The lowest BCUT2D eigenvalue weighted by molar-refractivity contribution is 0.0899. The third kappa shape index (κ3) is 2.74. The highest BCUT2D eigenvalue weighted by Crippen LogP contribution is 2.17. The van der Waals surface area contributed by atoms with E-state index in [9.17, 15) is 9.59 Å². The molecule has 4 rings (SSSR count). The second-order valence-corrected chi connectivity index (χ2v) is 5.47. The Hall–Kier alpha value is -3.55. The first-order valence-corrected chi connectivity index (χ1v) is 7.74. The minimum absolute atomic E-state index is 0.0944. The third-order valence-electron chi connectivity index (χ3n) is 3.92. The quantitative estimate of drug-likeness (QED) is 0.612. The maximum Gasteiger partial charge on any atom is 0.278 e. The van der Waals surface area contributed by atoms with E-state index < -0.39 is 0 Å². The van der Waals surface area contributed by atoms with Crippen molar-refractivity contribution in [2.24, 2.45) is 0 Å². The van der Waals surface area contributed by atoms with Gasteiger partial charge in [-0.25, -0.2) is 15.0 Å². The summed E-state index contributed by atoms with van der Waals surface area (Å²) in [7, 11) is 0. The zero-order valence-corrected chi connectivity index (χ0v) is 13.2. The molecule has 1 aromatic carbocycles. The van der Waals surface area contributed by atoms with Gasteiger partial charge in [0.1, 0.15) is 5.82 Å². The molecule has 0 radical (unpaired) electrons. The molecule has 8 heteroatoms. The van der Waals surface area contributed by atoms with E-state index in [4.69, 9.17) is 0 Å². The number of rotatable bonds is 4. The third-order valence-corrected chi connectivity index (χ3v) is 3.92. The number of nitrogens with zero attached hydrogens (tertiary/aromatic N) is 5. The minimum atomic E-state index is -0.295. The molecule has 4 aromatic rings. The van der Waals surface area contributed by atoms with Gasteiger partial charge in [-0.05, 0) is 0 Å². The van der Waals surface area contributed by atoms with E-state index in [2.05, 4.69) is 19.9 Å². The van der Waals surface area contributed by atoms with Gasteiger partial charge in [0.15, 0.2) is 11.2 Å². The molecular weight excluding hydrogens is 320 g/mol. The Morgan fingerprint density at radius 3 is 2.80 bits per heavy atom. The molecule has 0 unspecified atom stereocenters. The van der Waals surface area contributed by atoms with Crippen molar-refractivity contribution in [3.63, 3.8) is 0 Å². The van der Waals surface area contributed by atoms with Crippen LogP contribution >= 0.6 is 0 Å². The molecule has 0 aliphatic heterocycles. The molecule has 3 aromatic heterocycles. The number of carbonyl (C=O) groups is 1. The van der Waals surface area contributed by atoms with E-state index >= 15 is 0 Å². The Kier molecular flexibility index (Phi) is 3.70. The lowest BCUT2D eigenvalue weighted by atomic mass is 10.2. The molecule has 0 atom stereocenters. The Morgan fingerprint density at radius 2 is 1.96 bits per heavy atom. The van der Waals surface area contributed by atoms with Crippen LogP contribution in [0.2, 0.25) is 0 Å². The predicted molar refractivity (Wildman–Crippen MR) is 91.1 cm³/mol. The normalized spacial score (nSPS) is 11.0. The number of carbonyl (C=O) groups excluding carboxylic acids is 1.